The fourth-order valence-corrected chi connectivity index (χ4v) is 3.87. The molecule has 4 rings (SSSR count). The molecule has 0 saturated heterocycles. The Kier molecular flexibility index (Phi) is 7.02. The summed E-state index contributed by atoms with van der Waals surface area (Å²) in [7, 11) is 1.56. The highest BCUT2D eigenvalue weighted by molar-refractivity contribution is 6.02. The van der Waals surface area contributed by atoms with Gasteiger partial charge in [-0.3, -0.25) is 4.79 Å². The van der Waals surface area contributed by atoms with Gasteiger partial charge in [-0.05, 0) is 61.7 Å². The molecule has 3 aromatic rings. The van der Waals surface area contributed by atoms with Crippen molar-refractivity contribution < 1.29 is 18.7 Å². The van der Waals surface area contributed by atoms with Gasteiger partial charge in [0, 0.05) is 24.6 Å². The van der Waals surface area contributed by atoms with Crippen molar-refractivity contribution in [2.45, 2.75) is 39.2 Å². The van der Waals surface area contributed by atoms with E-state index in [1.807, 2.05) is 13.0 Å². The first kappa shape index (κ1) is 22.5. The Morgan fingerprint density at radius 3 is 2.85 bits per heavy atom. The highest BCUT2D eigenvalue weighted by atomic mass is 19.1. The third kappa shape index (κ3) is 5.22. The van der Waals surface area contributed by atoms with Gasteiger partial charge in [0.2, 0.25) is 5.91 Å². The quantitative estimate of drug-likeness (QED) is 0.520. The van der Waals surface area contributed by atoms with E-state index in [4.69, 9.17) is 9.47 Å². The standard InChI is InChI=1S/C25H27FN4O3/c1-3-33-21-12-8-17(15-22(21)32-2)9-13-24(31)27-20-16-18(10-11-19(20)26)25-29-28-23-7-5-4-6-14-30(23)25/h8-13,15-16H,3-7,14H2,1-2H3,(H,27,31)/b13-9+. The second-order valence-electron chi connectivity index (χ2n) is 7.76. The second kappa shape index (κ2) is 10.3. The van der Waals surface area contributed by atoms with Crippen molar-refractivity contribution in [2.24, 2.45) is 0 Å². The minimum absolute atomic E-state index is 0.0948. The normalized spacial score (nSPS) is 13.4. The summed E-state index contributed by atoms with van der Waals surface area (Å²) >= 11 is 0. The molecule has 1 amide bonds. The molecule has 2 aromatic carbocycles. The van der Waals surface area contributed by atoms with Gasteiger partial charge in [0.25, 0.3) is 0 Å². The number of carbonyl (C=O) groups excluding carboxylic acids is 1. The van der Waals surface area contributed by atoms with E-state index in [1.165, 1.54) is 12.1 Å². The van der Waals surface area contributed by atoms with Crippen LogP contribution in [0.2, 0.25) is 0 Å². The van der Waals surface area contributed by atoms with Crippen LogP contribution in [0.25, 0.3) is 17.5 Å². The maximum atomic E-state index is 14.4. The zero-order valence-corrected chi connectivity index (χ0v) is 18.8. The number of fused-ring (bicyclic) bond motifs is 1. The Balaban J connectivity index is 1.50. The Morgan fingerprint density at radius 1 is 1.15 bits per heavy atom. The van der Waals surface area contributed by atoms with Crippen molar-refractivity contribution in [2.75, 3.05) is 19.0 Å². The highest BCUT2D eigenvalue weighted by Gasteiger charge is 2.17. The van der Waals surface area contributed by atoms with Crippen LogP contribution in [0.1, 0.15) is 37.6 Å². The van der Waals surface area contributed by atoms with Crippen LogP contribution in [0, 0.1) is 5.82 Å². The number of amides is 1. The number of nitrogens with one attached hydrogen (secondary N) is 1. The number of aryl methyl sites for hydroxylation is 1. The fraction of sp³-hybridized carbons (Fsp3) is 0.320. The van der Waals surface area contributed by atoms with Crippen molar-refractivity contribution in [3.8, 4) is 22.9 Å². The lowest BCUT2D eigenvalue weighted by atomic mass is 10.1. The molecule has 2 heterocycles. The number of aromatic nitrogens is 3. The molecule has 1 aliphatic rings. The average Bonchev–Trinajstić information content (AvgIpc) is 3.08. The number of methoxy groups -OCH3 is 1. The molecule has 0 unspecified atom stereocenters. The van der Waals surface area contributed by atoms with Crippen LogP contribution in [0.4, 0.5) is 10.1 Å². The number of hydrogen-bond donors (Lipinski definition) is 1. The summed E-state index contributed by atoms with van der Waals surface area (Å²) in [5, 5.41) is 11.2. The summed E-state index contributed by atoms with van der Waals surface area (Å²) in [6.07, 6.45) is 7.18. The molecule has 1 N–H and O–H groups in total. The molecule has 7 nitrogen and oxygen atoms in total. The first-order chi connectivity index (χ1) is 16.1. The number of nitrogens with zero attached hydrogens (tertiary/aromatic N) is 3. The van der Waals surface area contributed by atoms with Gasteiger partial charge in [0.05, 0.1) is 19.4 Å². The van der Waals surface area contributed by atoms with Gasteiger partial charge in [-0.15, -0.1) is 10.2 Å². The van der Waals surface area contributed by atoms with Gasteiger partial charge in [0.1, 0.15) is 11.6 Å². The van der Waals surface area contributed by atoms with Crippen molar-refractivity contribution in [3.05, 3.63) is 59.7 Å². The third-order valence-corrected chi connectivity index (χ3v) is 5.51. The third-order valence-electron chi connectivity index (χ3n) is 5.51. The fourth-order valence-electron chi connectivity index (χ4n) is 3.87. The number of carbonyl (C=O) groups is 1. The number of halogens is 1. The molecule has 0 bridgehead atoms. The lowest BCUT2D eigenvalue weighted by molar-refractivity contribution is -0.111. The summed E-state index contributed by atoms with van der Waals surface area (Å²) in [6, 6.07) is 9.97. The minimum atomic E-state index is -0.515. The topological polar surface area (TPSA) is 78.3 Å². The van der Waals surface area contributed by atoms with Crippen LogP contribution < -0.4 is 14.8 Å². The minimum Gasteiger partial charge on any atom is -0.493 e. The van der Waals surface area contributed by atoms with E-state index in [2.05, 4.69) is 20.1 Å². The molecular weight excluding hydrogens is 423 g/mol. The molecule has 0 aliphatic carbocycles. The molecule has 0 spiro atoms. The lowest BCUT2D eigenvalue weighted by Gasteiger charge is -2.10. The molecule has 1 aromatic heterocycles. The van der Waals surface area contributed by atoms with Crippen LogP contribution in [0.15, 0.2) is 42.5 Å². The van der Waals surface area contributed by atoms with Crippen LogP contribution in [-0.2, 0) is 17.8 Å². The van der Waals surface area contributed by atoms with E-state index in [9.17, 15) is 9.18 Å². The molecule has 0 atom stereocenters. The SMILES string of the molecule is CCOc1ccc(/C=C/C(=O)Nc2cc(-c3nnc4n3CCCCC4)ccc2F)cc1OC. The van der Waals surface area contributed by atoms with Gasteiger partial charge >= 0.3 is 0 Å². The number of ether oxygens (including phenoxy) is 2. The number of hydrogen-bond acceptors (Lipinski definition) is 5. The average molecular weight is 451 g/mol. The van der Waals surface area contributed by atoms with E-state index in [0.717, 1.165) is 43.6 Å². The molecular formula is C25H27FN4O3. The number of benzene rings is 2. The van der Waals surface area contributed by atoms with Crippen LogP contribution in [0.5, 0.6) is 11.5 Å². The summed E-state index contributed by atoms with van der Waals surface area (Å²) in [6.45, 7) is 3.26. The van der Waals surface area contributed by atoms with Crippen molar-refractivity contribution in [1.82, 2.24) is 14.8 Å². The Hall–Kier alpha value is -3.68. The molecule has 8 heteroatoms. The second-order valence-corrected chi connectivity index (χ2v) is 7.76. The van der Waals surface area contributed by atoms with Crippen LogP contribution in [-0.4, -0.2) is 34.4 Å². The van der Waals surface area contributed by atoms with E-state index >= 15 is 0 Å². The Labute approximate surface area is 192 Å². The zero-order chi connectivity index (χ0) is 23.2. The Morgan fingerprint density at radius 2 is 2.03 bits per heavy atom. The van der Waals surface area contributed by atoms with Crippen LogP contribution in [0.3, 0.4) is 0 Å². The van der Waals surface area contributed by atoms with Gasteiger partial charge in [0.15, 0.2) is 17.3 Å². The predicted octanol–water partition coefficient (Wildman–Crippen LogP) is 4.87. The van der Waals surface area contributed by atoms with E-state index in [1.54, 1.807) is 37.5 Å². The predicted molar refractivity (Wildman–Crippen MR) is 125 cm³/mol. The summed E-state index contributed by atoms with van der Waals surface area (Å²) in [5.41, 5.74) is 1.57. The molecule has 172 valence electrons. The molecule has 1 aliphatic heterocycles. The van der Waals surface area contributed by atoms with Crippen LogP contribution >= 0.6 is 0 Å². The van der Waals surface area contributed by atoms with Gasteiger partial charge in [-0.2, -0.15) is 0 Å². The van der Waals surface area contributed by atoms with E-state index in [-0.39, 0.29) is 5.69 Å². The first-order valence-corrected chi connectivity index (χ1v) is 11.1. The summed E-state index contributed by atoms with van der Waals surface area (Å²) in [4.78, 5) is 12.5. The maximum absolute atomic E-state index is 14.4. The van der Waals surface area contributed by atoms with Crippen molar-refractivity contribution >= 4 is 17.7 Å². The molecule has 0 fully saturated rings. The summed E-state index contributed by atoms with van der Waals surface area (Å²) in [5.74, 6) is 1.89. The maximum Gasteiger partial charge on any atom is 0.248 e. The summed E-state index contributed by atoms with van der Waals surface area (Å²) < 4.78 is 27.4. The number of rotatable bonds is 7. The molecule has 0 radical (unpaired) electrons. The largest absolute Gasteiger partial charge is 0.493 e. The first-order valence-electron chi connectivity index (χ1n) is 11.1. The molecule has 0 saturated carbocycles. The van der Waals surface area contributed by atoms with E-state index < -0.39 is 11.7 Å². The van der Waals surface area contributed by atoms with Gasteiger partial charge in [-0.1, -0.05) is 12.5 Å². The van der Waals surface area contributed by atoms with Gasteiger partial charge in [-0.25, -0.2) is 4.39 Å². The van der Waals surface area contributed by atoms with Crippen molar-refractivity contribution in [3.63, 3.8) is 0 Å². The molecule has 33 heavy (non-hydrogen) atoms. The van der Waals surface area contributed by atoms with Crippen molar-refractivity contribution in [1.29, 1.82) is 0 Å². The number of anilines is 1. The van der Waals surface area contributed by atoms with E-state index in [0.29, 0.717) is 29.5 Å². The smallest absolute Gasteiger partial charge is 0.248 e. The highest BCUT2D eigenvalue weighted by Crippen LogP contribution is 2.29. The lowest BCUT2D eigenvalue weighted by Crippen LogP contribution is -2.10. The monoisotopic (exact) mass is 450 g/mol. The Bertz CT molecular complexity index is 1170. The zero-order valence-electron chi connectivity index (χ0n) is 18.8. The van der Waals surface area contributed by atoms with Gasteiger partial charge < -0.3 is 19.4 Å².